The summed E-state index contributed by atoms with van der Waals surface area (Å²) < 4.78 is 19.0. The molecule has 0 fully saturated rings. The molecule has 0 atom stereocenters. The second-order valence-corrected chi connectivity index (χ2v) is 4.24. The highest BCUT2D eigenvalue weighted by atomic mass is 19.1. The average Bonchev–Trinajstić information content (AvgIpc) is 2.47. The quantitative estimate of drug-likeness (QED) is 0.674. The molecule has 98 valence electrons. The van der Waals surface area contributed by atoms with Crippen LogP contribution < -0.4 is 4.74 Å². The first-order chi connectivity index (χ1) is 9.78. The number of rotatable bonds is 3. The molecule has 3 rings (SSSR count). The fourth-order valence-corrected chi connectivity index (χ4v) is 1.95. The monoisotopic (exact) mass is 267 g/mol. The lowest BCUT2D eigenvalue weighted by Crippen LogP contribution is -1.94. The predicted molar refractivity (Wildman–Crippen MR) is 73.6 cm³/mol. The molecule has 20 heavy (non-hydrogen) atoms. The molecule has 0 unspecified atom stereocenters. The Morgan fingerprint density at radius 2 is 1.95 bits per heavy atom. The van der Waals surface area contributed by atoms with E-state index in [4.69, 9.17) is 4.74 Å². The Morgan fingerprint density at radius 1 is 1.10 bits per heavy atom. The molecule has 0 N–H and O–H groups in total. The summed E-state index contributed by atoms with van der Waals surface area (Å²) in [5, 5.41) is 0.911. The number of benzene rings is 2. The molecule has 0 aliphatic rings. The van der Waals surface area contributed by atoms with E-state index in [2.05, 4.69) is 4.98 Å². The van der Waals surface area contributed by atoms with Gasteiger partial charge < -0.3 is 4.74 Å². The zero-order chi connectivity index (χ0) is 13.9. The van der Waals surface area contributed by atoms with E-state index in [9.17, 15) is 9.18 Å². The first-order valence-corrected chi connectivity index (χ1v) is 6.04. The van der Waals surface area contributed by atoms with Crippen LogP contribution in [0.3, 0.4) is 0 Å². The molecule has 4 heteroatoms. The standard InChI is InChI=1S/C16H10FNO2/c17-14-5-3-7-16(13(14)10-19)20-12-8-11-4-1-2-6-15(11)18-9-12/h1-10H. The number of pyridine rings is 1. The predicted octanol–water partition coefficient (Wildman–Crippen LogP) is 3.98. The van der Waals surface area contributed by atoms with Crippen molar-refractivity contribution in [1.29, 1.82) is 0 Å². The van der Waals surface area contributed by atoms with Crippen LogP contribution in [-0.4, -0.2) is 11.3 Å². The number of ether oxygens (including phenoxy) is 1. The van der Waals surface area contributed by atoms with Crippen molar-refractivity contribution in [2.75, 3.05) is 0 Å². The van der Waals surface area contributed by atoms with Crippen LogP contribution in [0, 0.1) is 5.82 Å². The zero-order valence-corrected chi connectivity index (χ0v) is 10.4. The van der Waals surface area contributed by atoms with Gasteiger partial charge in [-0.05, 0) is 24.3 Å². The molecular weight excluding hydrogens is 257 g/mol. The van der Waals surface area contributed by atoms with Crippen LogP contribution >= 0.6 is 0 Å². The van der Waals surface area contributed by atoms with Gasteiger partial charge in [-0.15, -0.1) is 0 Å². The Morgan fingerprint density at radius 3 is 2.80 bits per heavy atom. The molecule has 0 aliphatic carbocycles. The molecule has 2 aromatic carbocycles. The molecule has 1 aromatic heterocycles. The lowest BCUT2D eigenvalue weighted by Gasteiger charge is -2.08. The van der Waals surface area contributed by atoms with Gasteiger partial charge in [-0.1, -0.05) is 24.3 Å². The number of hydrogen-bond acceptors (Lipinski definition) is 3. The number of hydrogen-bond donors (Lipinski definition) is 0. The zero-order valence-electron chi connectivity index (χ0n) is 10.4. The van der Waals surface area contributed by atoms with Crippen LogP contribution in [0.5, 0.6) is 11.5 Å². The summed E-state index contributed by atoms with van der Waals surface area (Å²) in [7, 11) is 0. The molecule has 1 heterocycles. The molecule has 0 bridgehead atoms. The number of aldehydes is 1. The lowest BCUT2D eigenvalue weighted by molar-refractivity contribution is 0.111. The van der Waals surface area contributed by atoms with Gasteiger partial charge in [-0.3, -0.25) is 9.78 Å². The van der Waals surface area contributed by atoms with E-state index in [0.717, 1.165) is 10.9 Å². The van der Waals surface area contributed by atoms with Gasteiger partial charge in [-0.2, -0.15) is 0 Å². The van der Waals surface area contributed by atoms with Crippen molar-refractivity contribution in [2.45, 2.75) is 0 Å². The van der Waals surface area contributed by atoms with Crippen molar-refractivity contribution in [3.05, 3.63) is 66.1 Å². The number of nitrogens with zero attached hydrogens (tertiary/aromatic N) is 1. The van der Waals surface area contributed by atoms with Crippen molar-refractivity contribution < 1.29 is 13.9 Å². The maximum Gasteiger partial charge on any atom is 0.156 e. The molecule has 0 radical (unpaired) electrons. The highest BCUT2D eigenvalue weighted by Crippen LogP contribution is 2.27. The van der Waals surface area contributed by atoms with Gasteiger partial charge in [0.25, 0.3) is 0 Å². The topological polar surface area (TPSA) is 39.2 Å². The Labute approximate surface area is 114 Å². The van der Waals surface area contributed by atoms with Crippen LogP contribution in [0.15, 0.2) is 54.7 Å². The van der Waals surface area contributed by atoms with Crippen molar-refractivity contribution in [1.82, 2.24) is 4.98 Å². The SMILES string of the molecule is O=Cc1c(F)cccc1Oc1cnc2ccccc2c1. The van der Waals surface area contributed by atoms with E-state index in [-0.39, 0.29) is 11.3 Å². The van der Waals surface area contributed by atoms with E-state index < -0.39 is 5.82 Å². The molecular formula is C16H10FNO2. The summed E-state index contributed by atoms with van der Waals surface area (Å²) in [5.41, 5.74) is 0.746. The summed E-state index contributed by atoms with van der Waals surface area (Å²) in [5.74, 6) is 0.0285. The maximum atomic E-state index is 13.5. The van der Waals surface area contributed by atoms with E-state index in [1.54, 1.807) is 18.3 Å². The van der Waals surface area contributed by atoms with Crippen molar-refractivity contribution >= 4 is 17.2 Å². The molecule has 0 amide bonds. The number of para-hydroxylation sites is 1. The van der Waals surface area contributed by atoms with Gasteiger partial charge in [0.05, 0.1) is 17.3 Å². The van der Waals surface area contributed by atoms with Gasteiger partial charge in [-0.25, -0.2) is 4.39 Å². The summed E-state index contributed by atoms with van der Waals surface area (Å²) >= 11 is 0. The van der Waals surface area contributed by atoms with Crippen molar-refractivity contribution in [3.8, 4) is 11.5 Å². The Hall–Kier alpha value is -2.75. The Kier molecular flexibility index (Phi) is 3.13. The van der Waals surface area contributed by atoms with Gasteiger partial charge in [0.15, 0.2) is 6.29 Å². The molecule has 0 spiro atoms. The summed E-state index contributed by atoms with van der Waals surface area (Å²) in [6.45, 7) is 0. The lowest BCUT2D eigenvalue weighted by atomic mass is 10.2. The van der Waals surface area contributed by atoms with E-state index in [1.165, 1.54) is 12.1 Å². The van der Waals surface area contributed by atoms with E-state index in [1.807, 2.05) is 24.3 Å². The molecule has 0 saturated carbocycles. The second kappa shape index (κ2) is 5.09. The molecule has 0 saturated heterocycles. The summed E-state index contributed by atoms with van der Waals surface area (Å²) in [6.07, 6.45) is 1.99. The van der Waals surface area contributed by atoms with Crippen LogP contribution in [0.1, 0.15) is 10.4 Å². The summed E-state index contributed by atoms with van der Waals surface area (Å²) in [6, 6.07) is 13.6. The number of halogens is 1. The third-order valence-corrected chi connectivity index (χ3v) is 2.92. The Balaban J connectivity index is 2.01. The van der Waals surface area contributed by atoms with E-state index in [0.29, 0.717) is 12.0 Å². The minimum Gasteiger partial charge on any atom is -0.455 e. The average molecular weight is 267 g/mol. The number of carbonyl (C=O) groups is 1. The van der Waals surface area contributed by atoms with Gasteiger partial charge >= 0.3 is 0 Å². The number of fused-ring (bicyclic) bond motifs is 1. The first-order valence-electron chi connectivity index (χ1n) is 6.04. The normalized spacial score (nSPS) is 10.4. The van der Waals surface area contributed by atoms with Crippen molar-refractivity contribution in [3.63, 3.8) is 0 Å². The summed E-state index contributed by atoms with van der Waals surface area (Å²) in [4.78, 5) is 15.2. The first kappa shape index (κ1) is 12.3. The third kappa shape index (κ3) is 2.23. The maximum absolute atomic E-state index is 13.5. The second-order valence-electron chi connectivity index (χ2n) is 4.24. The fourth-order valence-electron chi connectivity index (χ4n) is 1.95. The van der Waals surface area contributed by atoms with Crippen LogP contribution in [0.4, 0.5) is 4.39 Å². The van der Waals surface area contributed by atoms with Gasteiger partial charge in [0.1, 0.15) is 17.3 Å². The smallest absolute Gasteiger partial charge is 0.156 e. The highest BCUT2D eigenvalue weighted by molar-refractivity contribution is 5.81. The fraction of sp³-hybridized carbons (Fsp3) is 0. The molecule has 3 nitrogen and oxygen atoms in total. The minimum absolute atomic E-state index is 0.0966. The highest BCUT2D eigenvalue weighted by Gasteiger charge is 2.09. The Bertz CT molecular complexity index is 786. The van der Waals surface area contributed by atoms with Gasteiger partial charge in [0.2, 0.25) is 0 Å². The number of carbonyl (C=O) groups excluding carboxylic acids is 1. The molecule has 3 aromatic rings. The van der Waals surface area contributed by atoms with Crippen LogP contribution in [0.2, 0.25) is 0 Å². The van der Waals surface area contributed by atoms with E-state index >= 15 is 0 Å². The van der Waals surface area contributed by atoms with Gasteiger partial charge in [0, 0.05) is 5.39 Å². The minimum atomic E-state index is -0.605. The number of aromatic nitrogens is 1. The van der Waals surface area contributed by atoms with Crippen molar-refractivity contribution in [2.24, 2.45) is 0 Å². The third-order valence-electron chi connectivity index (χ3n) is 2.92. The largest absolute Gasteiger partial charge is 0.455 e. The van der Waals surface area contributed by atoms with Crippen LogP contribution in [0.25, 0.3) is 10.9 Å². The molecule has 0 aliphatic heterocycles. The van der Waals surface area contributed by atoms with Crippen LogP contribution in [-0.2, 0) is 0 Å².